The molecule has 8 heteroatoms. The van der Waals surface area contributed by atoms with Crippen LogP contribution in [-0.2, 0) is 20.7 Å². The molecule has 1 heterocycles. The summed E-state index contributed by atoms with van der Waals surface area (Å²) >= 11 is 3.48. The number of likely N-dealkylation sites (tertiary alicyclic amines) is 1. The zero-order chi connectivity index (χ0) is 21.4. The van der Waals surface area contributed by atoms with Gasteiger partial charge in [-0.1, -0.05) is 34.1 Å². The second-order valence-electron chi connectivity index (χ2n) is 8.17. The lowest BCUT2D eigenvalue weighted by Gasteiger charge is -2.32. The van der Waals surface area contributed by atoms with Crippen LogP contribution in [-0.4, -0.2) is 54.1 Å². The van der Waals surface area contributed by atoms with Crippen LogP contribution in [0.5, 0.6) is 0 Å². The summed E-state index contributed by atoms with van der Waals surface area (Å²) in [4.78, 5) is 38.0. The van der Waals surface area contributed by atoms with E-state index in [2.05, 4.69) is 26.6 Å². The maximum Gasteiger partial charge on any atom is 0.407 e. The molecule has 1 aliphatic heterocycles. The molecule has 0 aromatic heterocycles. The zero-order valence-electron chi connectivity index (χ0n) is 17.3. The Morgan fingerprint density at radius 2 is 1.83 bits per heavy atom. The fraction of sp³-hybridized carbons (Fsp3) is 0.571. The number of hydrogen-bond acceptors (Lipinski definition) is 4. The second-order valence-corrected chi connectivity index (χ2v) is 9.02. The number of piperidine rings is 1. The number of carbonyl (C=O) groups is 3. The third-order valence-electron chi connectivity index (χ3n) is 4.53. The van der Waals surface area contributed by atoms with Gasteiger partial charge in [0.2, 0.25) is 11.8 Å². The van der Waals surface area contributed by atoms with E-state index in [-0.39, 0.29) is 30.8 Å². The number of amides is 3. The van der Waals surface area contributed by atoms with Gasteiger partial charge in [0.1, 0.15) is 5.60 Å². The maximum atomic E-state index is 12.5. The standard InChI is InChI=1S/C21H30BrN3O4/c1-21(2,3)29-20(28)23-11-8-18(26)24-16-9-12-25(13-10-16)19(27)14-15-6-4-5-7-17(15)22/h4-7,16H,8-14H2,1-3H3,(H,23,28)(H,24,26). The summed E-state index contributed by atoms with van der Waals surface area (Å²) in [5.41, 5.74) is 0.416. The van der Waals surface area contributed by atoms with Gasteiger partial charge in [0.15, 0.2) is 0 Å². The zero-order valence-corrected chi connectivity index (χ0v) is 18.9. The third kappa shape index (κ3) is 8.43. The number of benzene rings is 1. The molecule has 0 radical (unpaired) electrons. The molecular formula is C21H30BrN3O4. The molecule has 160 valence electrons. The Labute approximate surface area is 180 Å². The van der Waals surface area contributed by atoms with Crippen molar-refractivity contribution in [2.45, 2.75) is 58.1 Å². The summed E-state index contributed by atoms with van der Waals surface area (Å²) in [5.74, 6) is -0.0118. The van der Waals surface area contributed by atoms with E-state index in [1.807, 2.05) is 29.2 Å². The van der Waals surface area contributed by atoms with E-state index in [9.17, 15) is 14.4 Å². The molecule has 2 rings (SSSR count). The van der Waals surface area contributed by atoms with Crippen LogP contribution < -0.4 is 10.6 Å². The van der Waals surface area contributed by atoms with Crippen LogP contribution in [0, 0.1) is 0 Å². The monoisotopic (exact) mass is 467 g/mol. The van der Waals surface area contributed by atoms with Crippen LogP contribution in [0.1, 0.15) is 45.6 Å². The Kier molecular flexibility index (Phi) is 8.49. The first-order chi connectivity index (χ1) is 13.6. The van der Waals surface area contributed by atoms with Gasteiger partial charge < -0.3 is 20.3 Å². The molecule has 7 nitrogen and oxygen atoms in total. The predicted molar refractivity (Wildman–Crippen MR) is 114 cm³/mol. The predicted octanol–water partition coefficient (Wildman–Crippen LogP) is 3.01. The molecule has 0 spiro atoms. The first kappa shape index (κ1) is 23.2. The van der Waals surface area contributed by atoms with E-state index < -0.39 is 11.7 Å². The molecule has 0 unspecified atom stereocenters. The summed E-state index contributed by atoms with van der Waals surface area (Å²) in [6, 6.07) is 7.78. The van der Waals surface area contributed by atoms with Crippen molar-refractivity contribution in [1.82, 2.24) is 15.5 Å². The van der Waals surface area contributed by atoms with Gasteiger partial charge in [-0.2, -0.15) is 0 Å². The van der Waals surface area contributed by atoms with E-state index in [0.29, 0.717) is 19.5 Å². The Balaban J connectivity index is 1.66. The smallest absolute Gasteiger partial charge is 0.407 e. The van der Waals surface area contributed by atoms with E-state index in [1.165, 1.54) is 0 Å². The first-order valence-electron chi connectivity index (χ1n) is 9.91. The number of nitrogens with one attached hydrogen (secondary N) is 2. The van der Waals surface area contributed by atoms with Crippen molar-refractivity contribution in [2.75, 3.05) is 19.6 Å². The quantitative estimate of drug-likeness (QED) is 0.672. The largest absolute Gasteiger partial charge is 0.444 e. The van der Waals surface area contributed by atoms with Crippen molar-refractivity contribution >= 4 is 33.8 Å². The minimum absolute atomic E-state index is 0.0524. The Hall–Kier alpha value is -2.09. The molecule has 1 aliphatic rings. The molecule has 1 saturated heterocycles. The van der Waals surface area contributed by atoms with Crippen molar-refractivity contribution in [2.24, 2.45) is 0 Å². The fourth-order valence-electron chi connectivity index (χ4n) is 3.08. The number of carbonyl (C=O) groups excluding carboxylic acids is 3. The summed E-state index contributed by atoms with van der Waals surface area (Å²) in [7, 11) is 0. The van der Waals surface area contributed by atoms with E-state index in [1.54, 1.807) is 20.8 Å². The van der Waals surface area contributed by atoms with Crippen molar-refractivity contribution in [3.05, 3.63) is 34.3 Å². The van der Waals surface area contributed by atoms with Gasteiger partial charge in [-0.15, -0.1) is 0 Å². The lowest BCUT2D eigenvalue weighted by Crippen LogP contribution is -2.47. The highest BCUT2D eigenvalue weighted by Crippen LogP contribution is 2.18. The summed E-state index contributed by atoms with van der Waals surface area (Å²) < 4.78 is 6.07. The number of rotatable bonds is 6. The highest BCUT2D eigenvalue weighted by molar-refractivity contribution is 9.10. The van der Waals surface area contributed by atoms with Crippen LogP contribution in [0.4, 0.5) is 4.79 Å². The average Bonchev–Trinajstić information content (AvgIpc) is 2.62. The molecule has 0 aliphatic carbocycles. The van der Waals surface area contributed by atoms with Crippen molar-refractivity contribution in [3.63, 3.8) is 0 Å². The van der Waals surface area contributed by atoms with Gasteiger partial charge in [-0.05, 0) is 45.2 Å². The second kappa shape index (κ2) is 10.6. The topological polar surface area (TPSA) is 87.7 Å². The van der Waals surface area contributed by atoms with Gasteiger partial charge in [0.05, 0.1) is 6.42 Å². The number of halogens is 1. The van der Waals surface area contributed by atoms with Crippen molar-refractivity contribution in [1.29, 1.82) is 0 Å². The molecule has 1 aromatic carbocycles. The van der Waals surface area contributed by atoms with Crippen LogP contribution in [0.2, 0.25) is 0 Å². The lowest BCUT2D eigenvalue weighted by molar-refractivity contribution is -0.131. The Bertz CT molecular complexity index is 725. The normalized spacial score (nSPS) is 15.0. The van der Waals surface area contributed by atoms with Crippen LogP contribution in [0.15, 0.2) is 28.7 Å². The van der Waals surface area contributed by atoms with Crippen LogP contribution in [0.25, 0.3) is 0 Å². The molecule has 0 saturated carbocycles. The van der Waals surface area contributed by atoms with Gasteiger partial charge >= 0.3 is 6.09 Å². The average molecular weight is 468 g/mol. The van der Waals surface area contributed by atoms with E-state index >= 15 is 0 Å². The maximum absolute atomic E-state index is 12.5. The summed E-state index contributed by atoms with van der Waals surface area (Å²) in [6.07, 6.45) is 1.50. The minimum Gasteiger partial charge on any atom is -0.444 e. The highest BCUT2D eigenvalue weighted by atomic mass is 79.9. The minimum atomic E-state index is -0.561. The van der Waals surface area contributed by atoms with Crippen molar-refractivity contribution < 1.29 is 19.1 Å². The SMILES string of the molecule is CC(C)(C)OC(=O)NCCC(=O)NC1CCN(C(=O)Cc2ccccc2Br)CC1. The summed E-state index contributed by atoms with van der Waals surface area (Å²) in [5, 5.41) is 5.56. The van der Waals surface area contributed by atoms with Crippen LogP contribution >= 0.6 is 15.9 Å². The van der Waals surface area contributed by atoms with Gasteiger partial charge in [-0.25, -0.2) is 4.79 Å². The van der Waals surface area contributed by atoms with E-state index in [4.69, 9.17) is 4.74 Å². The Morgan fingerprint density at radius 1 is 1.17 bits per heavy atom. The molecule has 1 fully saturated rings. The number of alkyl carbamates (subject to hydrolysis) is 1. The molecule has 0 atom stereocenters. The van der Waals surface area contributed by atoms with E-state index in [0.717, 1.165) is 22.9 Å². The molecule has 0 bridgehead atoms. The number of hydrogen-bond donors (Lipinski definition) is 2. The third-order valence-corrected chi connectivity index (χ3v) is 5.31. The first-order valence-corrected chi connectivity index (χ1v) is 10.7. The van der Waals surface area contributed by atoms with Crippen molar-refractivity contribution in [3.8, 4) is 0 Å². The molecule has 3 amide bonds. The molecule has 1 aromatic rings. The number of nitrogens with zero attached hydrogens (tertiary/aromatic N) is 1. The number of ether oxygens (including phenoxy) is 1. The molecular weight excluding hydrogens is 438 g/mol. The van der Waals surface area contributed by atoms with Crippen LogP contribution in [0.3, 0.4) is 0 Å². The molecule has 2 N–H and O–H groups in total. The van der Waals surface area contributed by atoms with Gasteiger partial charge in [0.25, 0.3) is 0 Å². The summed E-state index contributed by atoms with van der Waals surface area (Å²) in [6.45, 7) is 6.85. The van der Waals surface area contributed by atoms with Gasteiger partial charge in [-0.3, -0.25) is 9.59 Å². The highest BCUT2D eigenvalue weighted by Gasteiger charge is 2.24. The van der Waals surface area contributed by atoms with Gasteiger partial charge in [0, 0.05) is 36.6 Å². The Morgan fingerprint density at radius 3 is 2.45 bits per heavy atom. The fourth-order valence-corrected chi connectivity index (χ4v) is 3.51. The lowest BCUT2D eigenvalue weighted by atomic mass is 10.0. The molecule has 29 heavy (non-hydrogen) atoms.